The van der Waals surface area contributed by atoms with E-state index < -0.39 is 5.97 Å². The summed E-state index contributed by atoms with van der Waals surface area (Å²) in [5.74, 6) is -0.422. The van der Waals surface area contributed by atoms with E-state index in [9.17, 15) is 9.18 Å². The first-order valence-electron chi connectivity index (χ1n) is 6.62. The van der Waals surface area contributed by atoms with Gasteiger partial charge < -0.3 is 14.6 Å². The van der Waals surface area contributed by atoms with Crippen LogP contribution in [-0.4, -0.2) is 25.3 Å². The number of hydrogen-bond acceptors (Lipinski definition) is 3. The Labute approximate surface area is 117 Å². The van der Waals surface area contributed by atoms with Gasteiger partial charge in [0.2, 0.25) is 0 Å². The third-order valence-corrected chi connectivity index (χ3v) is 3.93. The first-order valence-corrected chi connectivity index (χ1v) is 6.62. The Kier molecular flexibility index (Phi) is 4.16. The molecule has 0 bridgehead atoms. The molecule has 4 nitrogen and oxygen atoms in total. The van der Waals surface area contributed by atoms with Gasteiger partial charge in [0.1, 0.15) is 5.82 Å². The van der Waals surface area contributed by atoms with Gasteiger partial charge in [0.25, 0.3) is 0 Å². The zero-order valence-electron chi connectivity index (χ0n) is 11.9. The zero-order valence-corrected chi connectivity index (χ0v) is 11.9. The highest BCUT2D eigenvalue weighted by Gasteiger charge is 2.43. The van der Waals surface area contributed by atoms with E-state index in [0.717, 1.165) is 0 Å². The minimum atomic E-state index is -0.755. The monoisotopic (exact) mass is 282 g/mol. The van der Waals surface area contributed by atoms with Crippen molar-refractivity contribution in [2.75, 3.05) is 14.2 Å². The zero-order chi connectivity index (χ0) is 14.9. The molecular formula is C15H19FO4. The van der Waals surface area contributed by atoms with Crippen molar-refractivity contribution in [3.8, 4) is 11.5 Å². The highest BCUT2D eigenvalue weighted by atomic mass is 19.1. The molecule has 0 heterocycles. The number of halogens is 1. The Morgan fingerprint density at radius 2 is 2.00 bits per heavy atom. The molecule has 1 aromatic carbocycles. The van der Waals surface area contributed by atoms with Crippen molar-refractivity contribution in [1.29, 1.82) is 0 Å². The number of carboxylic acids is 1. The van der Waals surface area contributed by atoms with Crippen LogP contribution in [-0.2, 0) is 4.79 Å². The summed E-state index contributed by atoms with van der Waals surface area (Å²) in [6, 6.07) is 2.95. The molecule has 1 fully saturated rings. The van der Waals surface area contributed by atoms with E-state index in [1.807, 2.05) is 6.92 Å². The van der Waals surface area contributed by atoms with E-state index in [1.165, 1.54) is 20.3 Å². The molecule has 1 aliphatic carbocycles. The second-order valence-corrected chi connectivity index (χ2v) is 5.31. The molecule has 0 amide bonds. The van der Waals surface area contributed by atoms with Gasteiger partial charge in [0.05, 0.1) is 20.1 Å². The topological polar surface area (TPSA) is 55.8 Å². The second kappa shape index (κ2) is 5.69. The summed E-state index contributed by atoms with van der Waals surface area (Å²) in [6.07, 6.45) is 1.36. The fourth-order valence-electron chi connectivity index (χ4n) is 2.64. The van der Waals surface area contributed by atoms with E-state index in [1.54, 1.807) is 6.07 Å². The van der Waals surface area contributed by atoms with Gasteiger partial charge in [-0.25, -0.2) is 4.39 Å². The molecule has 0 radical (unpaired) electrons. The summed E-state index contributed by atoms with van der Waals surface area (Å²) >= 11 is 0. The Hall–Kier alpha value is -1.78. The van der Waals surface area contributed by atoms with Crippen LogP contribution in [0.25, 0.3) is 0 Å². The van der Waals surface area contributed by atoms with Gasteiger partial charge in [0.15, 0.2) is 11.5 Å². The third-order valence-electron chi connectivity index (χ3n) is 3.93. The second-order valence-electron chi connectivity index (χ2n) is 5.31. The number of rotatable bonds is 6. The molecule has 110 valence electrons. The van der Waals surface area contributed by atoms with Crippen molar-refractivity contribution in [2.45, 2.75) is 25.7 Å². The van der Waals surface area contributed by atoms with Crippen LogP contribution in [0.2, 0.25) is 0 Å². The lowest BCUT2D eigenvalue weighted by Crippen LogP contribution is -2.04. The highest BCUT2D eigenvalue weighted by Crippen LogP contribution is 2.46. The van der Waals surface area contributed by atoms with E-state index >= 15 is 0 Å². The van der Waals surface area contributed by atoms with Crippen LogP contribution in [0, 0.1) is 17.7 Å². The number of ether oxygens (including phenoxy) is 2. The molecule has 0 saturated heterocycles. The van der Waals surface area contributed by atoms with Gasteiger partial charge in [-0.3, -0.25) is 4.79 Å². The number of aliphatic carboxylic acids is 1. The van der Waals surface area contributed by atoms with Crippen molar-refractivity contribution in [1.82, 2.24) is 0 Å². The number of carboxylic acid groups (broad SMARTS) is 1. The van der Waals surface area contributed by atoms with Crippen LogP contribution < -0.4 is 9.47 Å². The molecule has 1 aliphatic rings. The smallest absolute Gasteiger partial charge is 0.306 e. The molecule has 5 heteroatoms. The van der Waals surface area contributed by atoms with Gasteiger partial charge in [-0.15, -0.1) is 0 Å². The van der Waals surface area contributed by atoms with E-state index in [-0.39, 0.29) is 23.6 Å². The van der Waals surface area contributed by atoms with Crippen molar-refractivity contribution >= 4 is 5.97 Å². The third kappa shape index (κ3) is 2.86. The van der Waals surface area contributed by atoms with Gasteiger partial charge in [-0.2, -0.15) is 0 Å². The lowest BCUT2D eigenvalue weighted by Gasteiger charge is -2.16. The van der Waals surface area contributed by atoms with Gasteiger partial charge in [-0.05, 0) is 36.3 Å². The van der Waals surface area contributed by atoms with Crippen molar-refractivity contribution in [3.05, 3.63) is 23.5 Å². The minimum absolute atomic E-state index is 0.0517. The Balaban J connectivity index is 2.13. The van der Waals surface area contributed by atoms with Crippen molar-refractivity contribution in [3.63, 3.8) is 0 Å². The summed E-state index contributed by atoms with van der Waals surface area (Å²) in [5.41, 5.74) is 0.540. The molecule has 2 rings (SSSR count). The number of hydrogen-bond donors (Lipinski definition) is 1. The minimum Gasteiger partial charge on any atom is -0.493 e. The molecule has 3 atom stereocenters. The fourth-order valence-corrected chi connectivity index (χ4v) is 2.64. The lowest BCUT2D eigenvalue weighted by molar-refractivity contribution is -0.138. The molecule has 0 spiro atoms. The average Bonchev–Trinajstić information content (AvgIpc) is 3.17. The van der Waals surface area contributed by atoms with Crippen LogP contribution in [0.4, 0.5) is 4.39 Å². The quantitative estimate of drug-likeness (QED) is 0.871. The lowest BCUT2D eigenvalue weighted by atomic mass is 9.94. The molecule has 0 aliphatic heterocycles. The maximum Gasteiger partial charge on any atom is 0.306 e. The van der Waals surface area contributed by atoms with E-state index in [2.05, 4.69) is 0 Å². The maximum absolute atomic E-state index is 14.1. The Morgan fingerprint density at radius 3 is 2.50 bits per heavy atom. The largest absolute Gasteiger partial charge is 0.493 e. The van der Waals surface area contributed by atoms with Crippen molar-refractivity contribution < 1.29 is 23.8 Å². The molecule has 3 unspecified atom stereocenters. The average molecular weight is 282 g/mol. The summed E-state index contributed by atoms with van der Waals surface area (Å²) in [6.45, 7) is 1.90. The Bertz CT molecular complexity index is 515. The first-order chi connectivity index (χ1) is 9.47. The van der Waals surface area contributed by atoms with Crippen LogP contribution in [0.1, 0.15) is 31.2 Å². The van der Waals surface area contributed by atoms with Gasteiger partial charge in [0, 0.05) is 6.07 Å². The fraction of sp³-hybridized carbons (Fsp3) is 0.533. The summed E-state index contributed by atoms with van der Waals surface area (Å²) in [4.78, 5) is 10.8. The predicted molar refractivity (Wildman–Crippen MR) is 71.8 cm³/mol. The van der Waals surface area contributed by atoms with Crippen molar-refractivity contribution in [2.24, 2.45) is 11.8 Å². The predicted octanol–water partition coefficient (Wildman–Crippen LogP) is 3.06. The van der Waals surface area contributed by atoms with Crippen LogP contribution in [0.5, 0.6) is 11.5 Å². The van der Waals surface area contributed by atoms with E-state index in [4.69, 9.17) is 14.6 Å². The summed E-state index contributed by atoms with van der Waals surface area (Å²) in [5, 5.41) is 8.90. The number of methoxy groups -OCH3 is 2. The Morgan fingerprint density at radius 1 is 1.40 bits per heavy atom. The maximum atomic E-state index is 14.1. The molecule has 1 aromatic rings. The van der Waals surface area contributed by atoms with Gasteiger partial charge >= 0.3 is 5.97 Å². The molecule has 20 heavy (non-hydrogen) atoms. The molecule has 1 N–H and O–H groups in total. The van der Waals surface area contributed by atoms with Crippen LogP contribution in [0.15, 0.2) is 12.1 Å². The first kappa shape index (κ1) is 14.6. The number of benzene rings is 1. The van der Waals surface area contributed by atoms with Crippen LogP contribution >= 0.6 is 0 Å². The van der Waals surface area contributed by atoms with E-state index in [0.29, 0.717) is 29.9 Å². The number of carbonyl (C=O) groups is 1. The van der Waals surface area contributed by atoms with Crippen LogP contribution in [0.3, 0.4) is 0 Å². The van der Waals surface area contributed by atoms with Gasteiger partial charge in [-0.1, -0.05) is 6.92 Å². The SMILES string of the molecule is COc1cc(F)c(C(C)CC2CC2C(=O)O)cc1OC. The summed E-state index contributed by atoms with van der Waals surface area (Å²) in [7, 11) is 2.97. The molecular weight excluding hydrogens is 263 g/mol. The molecule has 1 saturated carbocycles. The normalized spacial score (nSPS) is 22.2. The summed E-state index contributed by atoms with van der Waals surface area (Å²) < 4.78 is 24.3. The molecule has 0 aromatic heterocycles. The standard InChI is InChI=1S/C15H19FO4/c1-8(4-9-5-11(9)15(17)18)10-6-13(19-2)14(20-3)7-12(10)16/h6-9,11H,4-5H2,1-3H3,(H,17,18). The highest BCUT2D eigenvalue weighted by molar-refractivity contribution is 5.73.